The lowest BCUT2D eigenvalue weighted by atomic mass is 9.90. The molecule has 10 heteroatoms. The van der Waals surface area contributed by atoms with Crippen molar-refractivity contribution in [2.24, 2.45) is 0 Å². The van der Waals surface area contributed by atoms with Crippen LogP contribution in [0.3, 0.4) is 0 Å². The normalized spacial score (nSPS) is 33.8. The third-order valence-electron chi connectivity index (χ3n) is 4.69. The minimum Gasteiger partial charge on any atom is -0.567 e. The van der Waals surface area contributed by atoms with Gasteiger partial charge in [0.2, 0.25) is 0 Å². The van der Waals surface area contributed by atoms with Crippen LogP contribution in [0.25, 0.3) is 0 Å². The van der Waals surface area contributed by atoms with Gasteiger partial charge >= 0.3 is 0 Å². The van der Waals surface area contributed by atoms with E-state index in [-0.39, 0.29) is 35.4 Å². The number of rotatable bonds is 4. The van der Waals surface area contributed by atoms with Crippen molar-refractivity contribution >= 4 is 0 Å². The molecule has 0 N–H and O–H groups in total. The zero-order valence-corrected chi connectivity index (χ0v) is 12.2. The Kier molecular flexibility index (Phi) is 5.09. The number of azo groups is 1. The van der Waals surface area contributed by atoms with Crippen LogP contribution in [0.1, 0.15) is 51.4 Å². The highest BCUT2D eigenvalue weighted by molar-refractivity contribution is 4.76. The summed E-state index contributed by atoms with van der Waals surface area (Å²) in [5.74, 6) is 0. The molecule has 10 nitrogen and oxygen atoms in total. The molecule has 0 aliphatic heterocycles. The first-order valence-electron chi connectivity index (χ1n) is 7.63. The highest BCUT2D eigenvalue weighted by atomic mass is 16.6. The first-order valence-corrected chi connectivity index (χ1v) is 7.63. The number of hydrogen-bond donors (Lipinski definition) is 0. The summed E-state index contributed by atoms with van der Waals surface area (Å²) in [4.78, 5) is 21.3. The smallest absolute Gasteiger partial charge is 0.295 e. The van der Waals surface area contributed by atoms with Crippen LogP contribution in [0, 0.1) is 30.6 Å². The van der Waals surface area contributed by atoms with Gasteiger partial charge in [-0.3, -0.25) is 20.2 Å². The molecule has 2 saturated carbocycles. The average molecular weight is 316 g/mol. The first kappa shape index (κ1) is 16.4. The van der Waals surface area contributed by atoms with E-state index in [2.05, 4.69) is 0 Å². The molecule has 0 heterocycles. The van der Waals surface area contributed by atoms with Gasteiger partial charge in [0.05, 0.1) is 0 Å². The van der Waals surface area contributed by atoms with Gasteiger partial charge in [-0.1, -0.05) is 0 Å². The van der Waals surface area contributed by atoms with Crippen molar-refractivity contribution < 1.29 is 19.6 Å². The number of hydroxylamine groups is 2. The van der Waals surface area contributed by atoms with Gasteiger partial charge in [-0.25, -0.2) is 0 Å². The van der Waals surface area contributed by atoms with E-state index in [0.717, 1.165) is 0 Å². The first-order chi connectivity index (χ1) is 10.4. The Morgan fingerprint density at radius 3 is 1.09 bits per heavy atom. The molecular formula is C12H20N4O6. The maximum Gasteiger partial charge on any atom is 0.295 e. The molecule has 2 aliphatic rings. The van der Waals surface area contributed by atoms with E-state index in [0.29, 0.717) is 25.7 Å². The van der Waals surface area contributed by atoms with Gasteiger partial charge in [0.15, 0.2) is 0 Å². The van der Waals surface area contributed by atoms with E-state index < -0.39 is 34.0 Å². The lowest BCUT2D eigenvalue weighted by molar-refractivity contribution is -1.01. The lowest BCUT2D eigenvalue weighted by Gasteiger charge is -2.25. The van der Waals surface area contributed by atoms with Crippen LogP contribution in [-0.4, -0.2) is 43.7 Å². The van der Waals surface area contributed by atoms with Crippen molar-refractivity contribution in [3.05, 3.63) is 30.6 Å². The van der Waals surface area contributed by atoms with Crippen molar-refractivity contribution in [1.29, 1.82) is 0 Å². The molecule has 2 rings (SSSR count). The van der Waals surface area contributed by atoms with Crippen LogP contribution < -0.4 is 0 Å². The summed E-state index contributed by atoms with van der Waals surface area (Å²) in [6.45, 7) is 0. The molecule has 4 atom stereocenters. The molecule has 124 valence electrons. The van der Waals surface area contributed by atoms with Gasteiger partial charge in [-0.15, -0.1) is 0 Å². The molecule has 2 aliphatic carbocycles. The fourth-order valence-corrected chi connectivity index (χ4v) is 3.48. The second kappa shape index (κ2) is 6.84. The quantitative estimate of drug-likeness (QED) is 0.334. The molecule has 0 aromatic rings. The molecule has 0 spiro atoms. The molecule has 0 saturated heterocycles. The van der Waals surface area contributed by atoms with Crippen LogP contribution in [0.4, 0.5) is 0 Å². The van der Waals surface area contributed by atoms with Crippen molar-refractivity contribution in [2.75, 3.05) is 0 Å². The van der Waals surface area contributed by atoms with Crippen molar-refractivity contribution in [2.45, 2.75) is 75.5 Å². The summed E-state index contributed by atoms with van der Waals surface area (Å²) in [5.41, 5.74) is 0. The molecule has 0 aromatic heterocycles. The largest absolute Gasteiger partial charge is 0.567 e. The van der Waals surface area contributed by atoms with Crippen molar-refractivity contribution in [1.82, 2.24) is 0 Å². The van der Waals surface area contributed by atoms with Gasteiger partial charge in [0, 0.05) is 45.3 Å². The fraction of sp³-hybridized carbons (Fsp3) is 1.00. The maximum absolute atomic E-state index is 12.3. The Labute approximate surface area is 126 Å². The zero-order chi connectivity index (χ0) is 16.3. The Morgan fingerprint density at radius 2 is 0.818 bits per heavy atom. The van der Waals surface area contributed by atoms with Crippen LogP contribution in [-0.2, 0) is 0 Å². The lowest BCUT2D eigenvalue weighted by Crippen LogP contribution is -2.50. The van der Waals surface area contributed by atoms with Gasteiger partial charge in [0.1, 0.15) is 0 Å². The van der Waals surface area contributed by atoms with Crippen LogP contribution >= 0.6 is 0 Å². The summed E-state index contributed by atoms with van der Waals surface area (Å²) in [5, 5.41) is 46.7. The SMILES string of the molecule is O=[N+]([O-])[C@@H]1CCCC[C@H]1/[N+]([O-])=[N+](\[O-])[C@H]1CCCC[C@H]1[N+](=O)[O-]. The zero-order valence-electron chi connectivity index (χ0n) is 12.2. The van der Waals surface area contributed by atoms with Crippen molar-refractivity contribution in [3.63, 3.8) is 0 Å². The Morgan fingerprint density at radius 1 is 0.545 bits per heavy atom. The predicted octanol–water partition coefficient (Wildman–Crippen LogP) is 1.63. The fourth-order valence-electron chi connectivity index (χ4n) is 3.48. The summed E-state index contributed by atoms with van der Waals surface area (Å²) < 4.78 is 0. The number of nitro groups is 2. The minimum absolute atomic E-state index is 0.0963. The molecule has 0 unspecified atom stereocenters. The van der Waals surface area contributed by atoms with Crippen LogP contribution in [0.2, 0.25) is 0 Å². The highest BCUT2D eigenvalue weighted by Gasteiger charge is 2.49. The third kappa shape index (κ3) is 3.25. The maximum atomic E-state index is 12.3. The predicted molar refractivity (Wildman–Crippen MR) is 73.3 cm³/mol. The van der Waals surface area contributed by atoms with Crippen LogP contribution in [0.5, 0.6) is 0 Å². The van der Waals surface area contributed by atoms with Gasteiger partial charge in [-0.2, -0.15) is 0 Å². The van der Waals surface area contributed by atoms with E-state index in [1.54, 1.807) is 0 Å². The second-order valence-corrected chi connectivity index (χ2v) is 6.01. The van der Waals surface area contributed by atoms with E-state index in [4.69, 9.17) is 0 Å². The number of nitrogens with zero attached hydrogens (tertiary/aromatic N) is 4. The summed E-state index contributed by atoms with van der Waals surface area (Å²) >= 11 is 0. The molecule has 0 aromatic carbocycles. The standard InChI is InChI=1S/C12H20N4O6/c17-13(9-5-1-3-7-11(9)15(19)20)14(18)10-6-2-4-8-12(10)16(21)22/h9-12H,1-8H2/b14-13+/t9-,10+,11-,12-/m1/s1. The molecular weight excluding hydrogens is 296 g/mol. The van der Waals surface area contributed by atoms with E-state index in [9.17, 15) is 30.6 Å². The highest BCUT2D eigenvalue weighted by Crippen LogP contribution is 2.26. The molecule has 2 fully saturated rings. The monoisotopic (exact) mass is 316 g/mol. The average Bonchev–Trinajstić information content (AvgIpc) is 2.53. The molecule has 22 heavy (non-hydrogen) atoms. The number of hydrogen-bond acceptors (Lipinski definition) is 6. The Bertz CT molecular complexity index is 440. The minimum atomic E-state index is -1.08. The van der Waals surface area contributed by atoms with Gasteiger partial charge < -0.3 is 10.4 Å². The van der Waals surface area contributed by atoms with Gasteiger partial charge in [0.25, 0.3) is 24.2 Å². The second-order valence-electron chi connectivity index (χ2n) is 6.01. The third-order valence-corrected chi connectivity index (χ3v) is 4.69. The van der Waals surface area contributed by atoms with E-state index in [1.165, 1.54) is 0 Å². The topological polar surface area (TPSA) is 138 Å². The van der Waals surface area contributed by atoms with E-state index in [1.807, 2.05) is 0 Å². The van der Waals surface area contributed by atoms with Crippen molar-refractivity contribution in [3.8, 4) is 0 Å². The Balaban J connectivity index is 2.25. The Hall–Kier alpha value is -2.00. The summed E-state index contributed by atoms with van der Waals surface area (Å²) in [6, 6.07) is -4.23. The summed E-state index contributed by atoms with van der Waals surface area (Å²) in [7, 11) is 0. The molecule has 0 amide bonds. The summed E-state index contributed by atoms with van der Waals surface area (Å²) in [6.07, 6.45) is 3.63. The van der Waals surface area contributed by atoms with Gasteiger partial charge in [-0.05, 0) is 25.7 Å². The molecule has 0 radical (unpaired) electrons. The van der Waals surface area contributed by atoms with E-state index >= 15 is 0 Å². The van der Waals surface area contributed by atoms with Crippen LogP contribution in [0.15, 0.2) is 0 Å². The molecule has 0 bridgehead atoms.